The summed E-state index contributed by atoms with van der Waals surface area (Å²) in [6, 6.07) is 9.25. The molecule has 0 bridgehead atoms. The van der Waals surface area contributed by atoms with Crippen LogP contribution in [0.1, 0.15) is 44.2 Å². The Hall–Kier alpha value is -0.820. The van der Waals surface area contributed by atoms with E-state index < -0.39 is 0 Å². The lowest BCUT2D eigenvalue weighted by molar-refractivity contribution is 0.271. The van der Waals surface area contributed by atoms with E-state index in [1.54, 1.807) is 5.56 Å². The predicted octanol–water partition coefficient (Wildman–Crippen LogP) is 3.56. The molecule has 1 aromatic rings. The molecule has 1 aliphatic rings. The minimum absolute atomic E-state index is 0.387. The van der Waals surface area contributed by atoms with Gasteiger partial charge in [0.2, 0.25) is 0 Å². The molecule has 0 spiro atoms. The van der Waals surface area contributed by atoms with Gasteiger partial charge >= 0.3 is 0 Å². The highest BCUT2D eigenvalue weighted by Gasteiger charge is 2.27. The molecule has 2 N–H and O–H groups in total. The Kier molecular flexibility index (Phi) is 4.22. The van der Waals surface area contributed by atoms with Crippen LogP contribution in [0.25, 0.3) is 0 Å². The molecular weight excluding hydrogens is 206 g/mol. The largest absolute Gasteiger partial charge is 0.327 e. The Balaban J connectivity index is 2.07. The van der Waals surface area contributed by atoms with E-state index in [4.69, 9.17) is 5.73 Å². The molecule has 1 nitrogen and oxygen atoms in total. The molecule has 0 aliphatic heterocycles. The molecule has 1 heteroatoms. The Morgan fingerprint density at radius 2 is 1.82 bits per heavy atom. The topological polar surface area (TPSA) is 26.0 Å². The summed E-state index contributed by atoms with van der Waals surface area (Å²) >= 11 is 0. The van der Waals surface area contributed by atoms with Crippen molar-refractivity contribution < 1.29 is 0 Å². The van der Waals surface area contributed by atoms with Crippen molar-refractivity contribution in [3.63, 3.8) is 0 Å². The number of benzene rings is 1. The lowest BCUT2D eigenvalue weighted by atomic mass is 9.75. The van der Waals surface area contributed by atoms with Gasteiger partial charge in [-0.05, 0) is 42.2 Å². The molecule has 0 saturated heterocycles. The number of fused-ring (bicyclic) bond motifs is 1. The summed E-state index contributed by atoms with van der Waals surface area (Å²) in [7, 11) is 0. The first-order valence-electron chi connectivity index (χ1n) is 7.08. The van der Waals surface area contributed by atoms with Gasteiger partial charge in [0.1, 0.15) is 0 Å². The molecule has 0 heterocycles. The maximum Gasteiger partial charge on any atom is 0.00987 e. The van der Waals surface area contributed by atoms with Crippen molar-refractivity contribution in [1.29, 1.82) is 0 Å². The smallest absolute Gasteiger partial charge is 0.00987 e. The number of rotatable bonds is 4. The Labute approximate surface area is 105 Å². The van der Waals surface area contributed by atoms with Crippen molar-refractivity contribution in [3.05, 3.63) is 35.4 Å². The van der Waals surface area contributed by atoms with Gasteiger partial charge in [-0.15, -0.1) is 0 Å². The van der Waals surface area contributed by atoms with Gasteiger partial charge in [-0.25, -0.2) is 0 Å². The van der Waals surface area contributed by atoms with Crippen LogP contribution in [-0.4, -0.2) is 6.04 Å². The van der Waals surface area contributed by atoms with Gasteiger partial charge in [-0.2, -0.15) is 0 Å². The fraction of sp³-hybridized carbons (Fsp3) is 0.625. The fourth-order valence-corrected chi connectivity index (χ4v) is 3.27. The van der Waals surface area contributed by atoms with Crippen LogP contribution < -0.4 is 5.73 Å². The van der Waals surface area contributed by atoms with E-state index in [0.29, 0.717) is 17.9 Å². The lowest BCUT2D eigenvalue weighted by Crippen LogP contribution is -2.39. The van der Waals surface area contributed by atoms with Crippen molar-refractivity contribution in [2.24, 2.45) is 17.6 Å². The van der Waals surface area contributed by atoms with Crippen LogP contribution in [-0.2, 0) is 12.8 Å². The molecule has 1 aliphatic carbocycles. The van der Waals surface area contributed by atoms with Crippen LogP contribution in [0.3, 0.4) is 0 Å². The molecular formula is C16H25N. The molecule has 0 aromatic heterocycles. The predicted molar refractivity (Wildman–Crippen MR) is 74.0 cm³/mol. The Morgan fingerprint density at radius 1 is 1.18 bits per heavy atom. The molecule has 2 atom stereocenters. The molecule has 2 rings (SSSR count). The maximum absolute atomic E-state index is 6.47. The second-order valence-electron chi connectivity index (χ2n) is 5.43. The summed E-state index contributed by atoms with van der Waals surface area (Å²) < 4.78 is 0. The van der Waals surface area contributed by atoms with Crippen molar-refractivity contribution >= 4 is 0 Å². The summed E-state index contributed by atoms with van der Waals surface area (Å²) in [4.78, 5) is 0. The van der Waals surface area contributed by atoms with Crippen molar-refractivity contribution in [1.82, 2.24) is 0 Å². The second-order valence-corrected chi connectivity index (χ2v) is 5.43. The quantitative estimate of drug-likeness (QED) is 0.842. The average molecular weight is 231 g/mol. The van der Waals surface area contributed by atoms with Crippen LogP contribution in [0.15, 0.2) is 24.3 Å². The van der Waals surface area contributed by atoms with Crippen molar-refractivity contribution in [2.45, 2.75) is 52.0 Å². The third-order valence-electron chi connectivity index (χ3n) is 4.52. The highest BCUT2D eigenvalue weighted by molar-refractivity contribution is 5.30. The molecule has 2 unspecified atom stereocenters. The van der Waals surface area contributed by atoms with Crippen LogP contribution in [0.5, 0.6) is 0 Å². The normalized spacial score (nSPS) is 21.3. The van der Waals surface area contributed by atoms with Gasteiger partial charge in [-0.1, -0.05) is 51.0 Å². The van der Waals surface area contributed by atoms with E-state index in [1.165, 1.54) is 37.7 Å². The zero-order chi connectivity index (χ0) is 12.3. The van der Waals surface area contributed by atoms with Gasteiger partial charge in [0.25, 0.3) is 0 Å². The summed E-state index contributed by atoms with van der Waals surface area (Å²) in [6.45, 7) is 4.54. The molecule has 0 radical (unpaired) electrons. The maximum atomic E-state index is 6.47. The zero-order valence-electron chi connectivity index (χ0n) is 11.2. The third kappa shape index (κ3) is 2.71. The highest BCUT2D eigenvalue weighted by atomic mass is 14.7. The Morgan fingerprint density at radius 3 is 2.47 bits per heavy atom. The van der Waals surface area contributed by atoms with Crippen LogP contribution in [0.4, 0.5) is 0 Å². The molecule has 1 aromatic carbocycles. The van der Waals surface area contributed by atoms with E-state index in [0.717, 1.165) is 0 Å². The van der Waals surface area contributed by atoms with Gasteiger partial charge in [-0.3, -0.25) is 0 Å². The number of hydrogen-bond donors (Lipinski definition) is 1. The van der Waals surface area contributed by atoms with Gasteiger partial charge in [0, 0.05) is 6.04 Å². The second kappa shape index (κ2) is 5.68. The minimum Gasteiger partial charge on any atom is -0.327 e. The first-order chi connectivity index (χ1) is 8.26. The highest BCUT2D eigenvalue weighted by Crippen LogP contribution is 2.30. The van der Waals surface area contributed by atoms with Gasteiger partial charge in [0.15, 0.2) is 0 Å². The number of nitrogens with two attached hydrogens (primary N) is 1. The molecule has 0 saturated carbocycles. The number of aryl methyl sites for hydroxylation is 1. The lowest BCUT2D eigenvalue weighted by Gasteiger charge is -2.33. The van der Waals surface area contributed by atoms with E-state index in [2.05, 4.69) is 38.1 Å². The standard InChI is InChI=1S/C16H25N/c1-3-12(4-2)16(17)15-10-9-13-7-5-6-8-14(13)11-15/h5-8,12,15-16H,3-4,9-11,17H2,1-2H3. The summed E-state index contributed by atoms with van der Waals surface area (Å²) in [6.07, 6.45) is 6.11. The molecule has 17 heavy (non-hydrogen) atoms. The summed E-state index contributed by atoms with van der Waals surface area (Å²) in [5.74, 6) is 1.39. The van der Waals surface area contributed by atoms with E-state index in [-0.39, 0.29) is 0 Å². The van der Waals surface area contributed by atoms with Crippen LogP contribution in [0.2, 0.25) is 0 Å². The van der Waals surface area contributed by atoms with Crippen LogP contribution in [0, 0.1) is 11.8 Å². The summed E-state index contributed by atoms with van der Waals surface area (Å²) in [5, 5.41) is 0. The summed E-state index contributed by atoms with van der Waals surface area (Å²) in [5.41, 5.74) is 9.55. The first-order valence-corrected chi connectivity index (χ1v) is 7.08. The Bertz CT molecular complexity index is 354. The van der Waals surface area contributed by atoms with E-state index >= 15 is 0 Å². The fourth-order valence-electron chi connectivity index (χ4n) is 3.27. The first kappa shape index (κ1) is 12.6. The molecule has 0 amide bonds. The zero-order valence-corrected chi connectivity index (χ0v) is 11.2. The average Bonchev–Trinajstić information content (AvgIpc) is 2.39. The minimum atomic E-state index is 0.387. The van der Waals surface area contributed by atoms with Crippen LogP contribution >= 0.6 is 0 Å². The van der Waals surface area contributed by atoms with Crippen molar-refractivity contribution in [3.8, 4) is 0 Å². The molecule has 94 valence electrons. The van der Waals surface area contributed by atoms with E-state index in [1.807, 2.05) is 0 Å². The molecule has 0 fully saturated rings. The van der Waals surface area contributed by atoms with Crippen molar-refractivity contribution in [2.75, 3.05) is 0 Å². The monoisotopic (exact) mass is 231 g/mol. The van der Waals surface area contributed by atoms with E-state index in [9.17, 15) is 0 Å². The van der Waals surface area contributed by atoms with Gasteiger partial charge in [0.05, 0.1) is 0 Å². The third-order valence-corrected chi connectivity index (χ3v) is 4.52. The number of hydrogen-bond acceptors (Lipinski definition) is 1. The van der Waals surface area contributed by atoms with Gasteiger partial charge < -0.3 is 5.73 Å². The SMILES string of the molecule is CCC(CC)C(N)C1CCc2ccccc2C1.